The third-order valence-corrected chi connectivity index (χ3v) is 4.33. The van der Waals surface area contributed by atoms with Crippen molar-refractivity contribution in [1.29, 1.82) is 0 Å². The Hall–Kier alpha value is -2.32. The number of nitrogens with zero attached hydrogens (tertiary/aromatic N) is 3. The lowest BCUT2D eigenvalue weighted by Crippen LogP contribution is -2.53. The largest absolute Gasteiger partial charge is 0.481 e. The van der Waals surface area contributed by atoms with Crippen LogP contribution in [-0.4, -0.2) is 77.0 Å². The molecule has 0 bridgehead atoms. The van der Waals surface area contributed by atoms with Crippen LogP contribution in [0.1, 0.15) is 39.5 Å². The van der Waals surface area contributed by atoms with Crippen LogP contribution < -0.4 is 10.6 Å². The first-order chi connectivity index (χ1) is 11.8. The van der Waals surface area contributed by atoms with Gasteiger partial charge >= 0.3 is 12.0 Å². The van der Waals surface area contributed by atoms with Crippen molar-refractivity contribution in [3.05, 3.63) is 0 Å². The summed E-state index contributed by atoms with van der Waals surface area (Å²) in [7, 11) is 0. The topological polar surface area (TPSA) is 114 Å². The summed E-state index contributed by atoms with van der Waals surface area (Å²) in [6, 6.07) is -0.151. The molecule has 0 atom stereocenters. The lowest BCUT2D eigenvalue weighted by Gasteiger charge is -2.31. The summed E-state index contributed by atoms with van der Waals surface area (Å²) < 4.78 is 0. The molecule has 9 nitrogen and oxygen atoms in total. The fraction of sp³-hybridized carbons (Fsp3) is 0.750. The van der Waals surface area contributed by atoms with Crippen LogP contribution in [0.15, 0.2) is 4.99 Å². The van der Waals surface area contributed by atoms with Gasteiger partial charge < -0.3 is 20.2 Å². The zero-order valence-corrected chi connectivity index (χ0v) is 14.9. The first-order valence-electron chi connectivity index (χ1n) is 8.65. The number of nitrogens with one attached hydrogen (secondary N) is 2. The first kappa shape index (κ1) is 19.0. The number of hydrogen-bond donors (Lipinski definition) is 3. The van der Waals surface area contributed by atoms with Gasteiger partial charge in [-0.25, -0.2) is 4.79 Å². The van der Waals surface area contributed by atoms with Crippen molar-refractivity contribution in [3.8, 4) is 0 Å². The van der Waals surface area contributed by atoms with Crippen molar-refractivity contribution in [2.75, 3.05) is 32.7 Å². The molecule has 25 heavy (non-hydrogen) atoms. The van der Waals surface area contributed by atoms with Gasteiger partial charge in [0.15, 0.2) is 5.96 Å². The Bertz CT molecular complexity index is 561. The van der Waals surface area contributed by atoms with E-state index in [1.807, 2.05) is 0 Å². The van der Waals surface area contributed by atoms with Gasteiger partial charge in [0.2, 0.25) is 5.91 Å². The molecule has 0 spiro atoms. The number of rotatable bonds is 7. The van der Waals surface area contributed by atoms with E-state index < -0.39 is 5.97 Å². The maximum atomic E-state index is 12.1. The molecule has 2 heterocycles. The fourth-order valence-corrected chi connectivity index (χ4v) is 2.84. The molecular weight excluding hydrogens is 326 g/mol. The molecule has 0 aromatic carbocycles. The van der Waals surface area contributed by atoms with Gasteiger partial charge in [-0.1, -0.05) is 0 Å². The minimum absolute atomic E-state index is 0.0482. The van der Waals surface area contributed by atoms with Gasteiger partial charge in [-0.3, -0.25) is 19.9 Å². The van der Waals surface area contributed by atoms with Crippen molar-refractivity contribution >= 4 is 23.9 Å². The summed E-state index contributed by atoms with van der Waals surface area (Å²) in [5.41, 5.74) is -0.0776. The molecule has 3 amide bonds. The Morgan fingerprint density at radius 2 is 1.92 bits per heavy atom. The van der Waals surface area contributed by atoms with E-state index in [0.717, 1.165) is 6.42 Å². The zero-order chi connectivity index (χ0) is 18.4. The van der Waals surface area contributed by atoms with E-state index in [4.69, 9.17) is 5.11 Å². The third kappa shape index (κ3) is 5.91. The van der Waals surface area contributed by atoms with E-state index in [1.165, 1.54) is 4.90 Å². The number of amides is 3. The minimum atomic E-state index is -0.912. The standard InChI is InChI=1S/C16H27N5O4/c1-16(2)6-7-17-14(19-16)18-12(22)4-3-8-20-10-11-21(15(20)25)9-5-13(23)24/h3-11H2,1-2H3,(H,23,24)(H2,17,18,19,22). The van der Waals surface area contributed by atoms with Crippen molar-refractivity contribution in [2.45, 2.75) is 45.1 Å². The van der Waals surface area contributed by atoms with Crippen LogP contribution in [-0.2, 0) is 9.59 Å². The average Bonchev–Trinajstić information content (AvgIpc) is 2.85. The average molecular weight is 353 g/mol. The second-order valence-corrected chi connectivity index (χ2v) is 7.04. The Morgan fingerprint density at radius 1 is 1.24 bits per heavy atom. The smallest absolute Gasteiger partial charge is 0.320 e. The van der Waals surface area contributed by atoms with Gasteiger partial charge in [-0.15, -0.1) is 0 Å². The molecule has 140 valence electrons. The van der Waals surface area contributed by atoms with Crippen molar-refractivity contribution in [1.82, 2.24) is 20.4 Å². The molecule has 0 radical (unpaired) electrons. The van der Waals surface area contributed by atoms with Crippen LogP contribution in [0.3, 0.4) is 0 Å². The highest BCUT2D eigenvalue weighted by molar-refractivity contribution is 5.97. The molecule has 2 aliphatic heterocycles. The molecule has 2 rings (SSSR count). The summed E-state index contributed by atoms with van der Waals surface area (Å²) in [6.07, 6.45) is 1.73. The Labute approximate surface area is 147 Å². The fourth-order valence-electron chi connectivity index (χ4n) is 2.84. The van der Waals surface area contributed by atoms with Crippen LogP contribution in [0.4, 0.5) is 4.79 Å². The second kappa shape index (κ2) is 8.17. The predicted octanol–water partition coefficient (Wildman–Crippen LogP) is 0.223. The van der Waals surface area contributed by atoms with Gasteiger partial charge in [-0.05, 0) is 26.7 Å². The van der Waals surface area contributed by atoms with Gasteiger partial charge in [0.05, 0.1) is 6.42 Å². The van der Waals surface area contributed by atoms with Crippen LogP contribution in [0.25, 0.3) is 0 Å². The highest BCUT2D eigenvalue weighted by Crippen LogP contribution is 2.12. The summed E-state index contributed by atoms with van der Waals surface area (Å²) in [5.74, 6) is -0.526. The minimum Gasteiger partial charge on any atom is -0.481 e. The molecule has 3 N–H and O–H groups in total. The number of carboxylic acid groups (broad SMARTS) is 1. The number of urea groups is 1. The molecule has 0 aromatic heterocycles. The molecule has 0 saturated carbocycles. The summed E-state index contributed by atoms with van der Waals surface area (Å²) in [6.45, 7) is 6.63. The molecular formula is C16H27N5O4. The lowest BCUT2D eigenvalue weighted by molar-refractivity contribution is -0.137. The highest BCUT2D eigenvalue weighted by Gasteiger charge is 2.28. The molecule has 1 saturated heterocycles. The third-order valence-electron chi connectivity index (χ3n) is 4.33. The summed E-state index contributed by atoms with van der Waals surface area (Å²) >= 11 is 0. The highest BCUT2D eigenvalue weighted by atomic mass is 16.4. The number of carbonyl (C=O) groups excluding carboxylic acids is 2. The number of hydrogen-bond acceptors (Lipinski definition) is 5. The van der Waals surface area contributed by atoms with Crippen molar-refractivity contribution < 1.29 is 19.5 Å². The van der Waals surface area contributed by atoms with E-state index in [1.54, 1.807) is 4.90 Å². The van der Waals surface area contributed by atoms with Crippen LogP contribution >= 0.6 is 0 Å². The summed E-state index contributed by atoms with van der Waals surface area (Å²) in [4.78, 5) is 42.2. The zero-order valence-electron chi connectivity index (χ0n) is 14.9. The van der Waals surface area contributed by atoms with Gasteiger partial charge in [0.1, 0.15) is 0 Å². The first-order valence-corrected chi connectivity index (χ1v) is 8.65. The SMILES string of the molecule is CC1(C)CCN=C(NC(=O)CCCN2CCN(CCC(=O)O)C2=O)N1. The predicted molar refractivity (Wildman–Crippen MR) is 92.3 cm³/mol. The lowest BCUT2D eigenvalue weighted by atomic mass is 10.00. The van der Waals surface area contributed by atoms with Crippen LogP contribution in [0, 0.1) is 0 Å². The van der Waals surface area contributed by atoms with E-state index in [0.29, 0.717) is 45.0 Å². The van der Waals surface area contributed by atoms with E-state index >= 15 is 0 Å². The quantitative estimate of drug-likeness (QED) is 0.606. The molecule has 0 aliphatic carbocycles. The molecule has 1 fully saturated rings. The van der Waals surface area contributed by atoms with Gasteiger partial charge in [-0.2, -0.15) is 0 Å². The molecule has 9 heteroatoms. The van der Waals surface area contributed by atoms with E-state index in [-0.39, 0.29) is 30.4 Å². The van der Waals surface area contributed by atoms with E-state index in [2.05, 4.69) is 29.5 Å². The summed E-state index contributed by atoms with van der Waals surface area (Å²) in [5, 5.41) is 14.6. The molecule has 2 aliphatic rings. The van der Waals surface area contributed by atoms with Gasteiger partial charge in [0.25, 0.3) is 0 Å². The number of aliphatic carboxylic acids is 1. The van der Waals surface area contributed by atoms with Crippen molar-refractivity contribution in [2.24, 2.45) is 4.99 Å². The normalized spacial score (nSPS) is 19.4. The Kier molecular flexibility index (Phi) is 6.22. The Balaban J connectivity index is 1.67. The van der Waals surface area contributed by atoms with Crippen molar-refractivity contribution in [3.63, 3.8) is 0 Å². The van der Waals surface area contributed by atoms with E-state index in [9.17, 15) is 14.4 Å². The monoisotopic (exact) mass is 353 g/mol. The molecule has 0 aromatic rings. The number of carboxylic acids is 1. The van der Waals surface area contributed by atoms with Gasteiger partial charge in [0, 0.05) is 44.7 Å². The molecule has 0 unspecified atom stereocenters. The van der Waals surface area contributed by atoms with Crippen LogP contribution in [0.2, 0.25) is 0 Å². The number of aliphatic imine (C=N–C) groups is 1. The number of guanidine groups is 1. The maximum absolute atomic E-state index is 12.1. The second-order valence-electron chi connectivity index (χ2n) is 7.04. The maximum Gasteiger partial charge on any atom is 0.320 e. The Morgan fingerprint density at radius 3 is 2.56 bits per heavy atom. The number of carbonyl (C=O) groups is 3. The van der Waals surface area contributed by atoms with Crippen LogP contribution in [0.5, 0.6) is 0 Å².